The number of aliphatic hydroxyl groups excluding tert-OH is 1. The summed E-state index contributed by atoms with van der Waals surface area (Å²) in [7, 11) is 0. The Hall–Kier alpha value is -0.550. The molecule has 0 aromatic heterocycles. The van der Waals surface area contributed by atoms with Crippen LogP contribution in [0.2, 0.25) is 0 Å². The van der Waals surface area contributed by atoms with Crippen molar-refractivity contribution in [2.24, 2.45) is 11.8 Å². The quantitative estimate of drug-likeness (QED) is 0.733. The first-order valence-electron chi connectivity index (χ1n) is 5.74. The molecule has 0 spiro atoms. The second-order valence-electron chi connectivity index (χ2n) is 4.52. The first-order valence-corrected chi connectivity index (χ1v) is 6.89. The highest BCUT2D eigenvalue weighted by molar-refractivity contribution is 8.00. The van der Waals surface area contributed by atoms with Gasteiger partial charge in [0.05, 0.1) is 11.5 Å². The van der Waals surface area contributed by atoms with Crippen LogP contribution in [0.5, 0.6) is 0 Å². The van der Waals surface area contributed by atoms with E-state index in [1.807, 2.05) is 0 Å². The Morgan fingerprint density at radius 3 is 2.44 bits per heavy atom. The van der Waals surface area contributed by atoms with E-state index in [0.29, 0.717) is 24.0 Å². The second kappa shape index (κ2) is 5.19. The third-order valence-electron chi connectivity index (χ3n) is 3.52. The van der Waals surface area contributed by atoms with E-state index in [0.717, 1.165) is 19.3 Å². The topological polar surface area (TPSA) is 57.6 Å². The molecule has 2 atom stereocenters. The van der Waals surface area contributed by atoms with Crippen molar-refractivity contribution in [2.75, 3.05) is 24.7 Å². The molecule has 16 heavy (non-hydrogen) atoms. The van der Waals surface area contributed by atoms with Gasteiger partial charge in [-0.05, 0) is 24.7 Å². The predicted molar refractivity (Wildman–Crippen MR) is 62.0 cm³/mol. The number of imide groups is 1. The molecule has 4 nitrogen and oxygen atoms in total. The fourth-order valence-corrected chi connectivity index (χ4v) is 3.32. The van der Waals surface area contributed by atoms with E-state index < -0.39 is 0 Å². The normalized spacial score (nSPS) is 31.2. The molecule has 2 unspecified atom stereocenters. The molecule has 1 heterocycles. The molecule has 90 valence electrons. The molecule has 1 aliphatic heterocycles. The summed E-state index contributed by atoms with van der Waals surface area (Å²) in [5.41, 5.74) is 0. The Kier molecular flexibility index (Phi) is 3.86. The monoisotopic (exact) mass is 243 g/mol. The number of carbonyl (C=O) groups is 2. The maximum absolute atomic E-state index is 11.6. The fraction of sp³-hybridized carbons (Fsp3) is 0.818. The molecule has 1 saturated carbocycles. The van der Waals surface area contributed by atoms with Gasteiger partial charge >= 0.3 is 0 Å². The lowest BCUT2D eigenvalue weighted by Gasteiger charge is -2.29. The van der Waals surface area contributed by atoms with Gasteiger partial charge in [-0.3, -0.25) is 14.5 Å². The van der Waals surface area contributed by atoms with E-state index in [1.54, 1.807) is 0 Å². The van der Waals surface area contributed by atoms with Gasteiger partial charge in [-0.25, -0.2) is 0 Å². The number of nitrogens with zero attached hydrogens (tertiary/aromatic N) is 1. The zero-order valence-corrected chi connectivity index (χ0v) is 10.0. The van der Waals surface area contributed by atoms with E-state index in [4.69, 9.17) is 0 Å². The highest BCUT2D eigenvalue weighted by atomic mass is 32.2. The van der Waals surface area contributed by atoms with Gasteiger partial charge in [-0.15, -0.1) is 11.8 Å². The summed E-state index contributed by atoms with van der Waals surface area (Å²) in [6.07, 6.45) is 3.14. The fourth-order valence-electron chi connectivity index (χ4n) is 2.55. The van der Waals surface area contributed by atoms with Crippen LogP contribution in [0.1, 0.15) is 19.3 Å². The molecule has 2 fully saturated rings. The van der Waals surface area contributed by atoms with E-state index in [1.165, 1.54) is 16.7 Å². The van der Waals surface area contributed by atoms with Gasteiger partial charge in [0.25, 0.3) is 0 Å². The summed E-state index contributed by atoms with van der Waals surface area (Å²) in [5.74, 6) is 1.29. The van der Waals surface area contributed by atoms with E-state index in [2.05, 4.69) is 0 Å². The smallest absolute Gasteiger partial charge is 0.239 e. The predicted octanol–water partition coefficient (Wildman–Crippen LogP) is 0.497. The van der Waals surface area contributed by atoms with Crippen molar-refractivity contribution in [2.45, 2.75) is 19.3 Å². The highest BCUT2D eigenvalue weighted by Gasteiger charge is 2.33. The number of aliphatic hydroxyl groups is 1. The number of amides is 2. The van der Waals surface area contributed by atoms with Gasteiger partial charge in [-0.1, -0.05) is 6.42 Å². The van der Waals surface area contributed by atoms with E-state index >= 15 is 0 Å². The molecule has 5 heteroatoms. The Labute approximate surface area is 99.4 Å². The summed E-state index contributed by atoms with van der Waals surface area (Å²) in [6, 6.07) is 0. The molecule has 1 saturated heterocycles. The van der Waals surface area contributed by atoms with Gasteiger partial charge in [0, 0.05) is 13.2 Å². The average molecular weight is 243 g/mol. The molecule has 2 aliphatic rings. The molecule has 0 bridgehead atoms. The summed E-state index contributed by atoms with van der Waals surface area (Å²) in [5, 5.41) is 9.21. The minimum atomic E-state index is -0.0650. The zero-order chi connectivity index (χ0) is 11.5. The van der Waals surface area contributed by atoms with Crippen molar-refractivity contribution in [3.05, 3.63) is 0 Å². The molecule has 0 aromatic rings. The zero-order valence-electron chi connectivity index (χ0n) is 9.22. The van der Waals surface area contributed by atoms with E-state index in [-0.39, 0.29) is 24.3 Å². The maximum atomic E-state index is 11.6. The first kappa shape index (κ1) is 11.9. The SMILES string of the molecule is O=C1CSCC(=O)N1CC1CCCC1CO. The molecule has 0 radical (unpaired) electrons. The number of carbonyl (C=O) groups excluding carboxylic acids is 2. The van der Waals surface area contributed by atoms with Gasteiger partial charge in [-0.2, -0.15) is 0 Å². The van der Waals surface area contributed by atoms with Crippen molar-refractivity contribution in [3.63, 3.8) is 0 Å². The van der Waals surface area contributed by atoms with Crippen LogP contribution in [0.25, 0.3) is 0 Å². The van der Waals surface area contributed by atoms with Crippen molar-refractivity contribution in [1.82, 2.24) is 4.90 Å². The Morgan fingerprint density at radius 1 is 1.19 bits per heavy atom. The highest BCUT2D eigenvalue weighted by Crippen LogP contribution is 2.32. The van der Waals surface area contributed by atoms with Crippen molar-refractivity contribution in [1.29, 1.82) is 0 Å². The first-order chi connectivity index (χ1) is 7.72. The molecular formula is C11H17NO3S. The Bertz CT molecular complexity index is 279. The van der Waals surface area contributed by atoms with E-state index in [9.17, 15) is 14.7 Å². The summed E-state index contributed by atoms with van der Waals surface area (Å²) >= 11 is 1.39. The Morgan fingerprint density at radius 2 is 1.81 bits per heavy atom. The number of thioether (sulfide) groups is 1. The van der Waals surface area contributed by atoms with Gasteiger partial charge < -0.3 is 5.11 Å². The molecular weight excluding hydrogens is 226 g/mol. The van der Waals surface area contributed by atoms with Crippen molar-refractivity contribution in [3.8, 4) is 0 Å². The molecule has 1 N–H and O–H groups in total. The van der Waals surface area contributed by atoms with Crippen LogP contribution in [0.4, 0.5) is 0 Å². The van der Waals surface area contributed by atoms with Crippen LogP contribution in [-0.2, 0) is 9.59 Å². The largest absolute Gasteiger partial charge is 0.396 e. The molecule has 2 amide bonds. The Balaban J connectivity index is 1.96. The standard InChI is InChI=1S/C11H17NO3S/c13-5-9-3-1-2-8(9)4-12-10(14)6-16-7-11(12)15/h8-9,13H,1-7H2. The van der Waals surface area contributed by atoms with Crippen LogP contribution >= 0.6 is 11.8 Å². The lowest BCUT2D eigenvalue weighted by Crippen LogP contribution is -2.46. The second-order valence-corrected chi connectivity index (χ2v) is 5.51. The number of hydrogen-bond acceptors (Lipinski definition) is 4. The molecule has 2 rings (SSSR count). The van der Waals surface area contributed by atoms with Crippen LogP contribution in [0.15, 0.2) is 0 Å². The van der Waals surface area contributed by atoms with Crippen LogP contribution in [0, 0.1) is 11.8 Å². The minimum Gasteiger partial charge on any atom is -0.396 e. The third kappa shape index (κ3) is 2.40. The van der Waals surface area contributed by atoms with Crippen LogP contribution < -0.4 is 0 Å². The maximum Gasteiger partial charge on any atom is 0.239 e. The van der Waals surface area contributed by atoms with Gasteiger partial charge in [0.1, 0.15) is 0 Å². The summed E-state index contributed by atoms with van der Waals surface area (Å²) < 4.78 is 0. The van der Waals surface area contributed by atoms with Crippen molar-refractivity contribution < 1.29 is 14.7 Å². The van der Waals surface area contributed by atoms with Gasteiger partial charge in [0.15, 0.2) is 0 Å². The lowest BCUT2D eigenvalue weighted by molar-refractivity contribution is -0.143. The molecule has 1 aliphatic carbocycles. The number of hydrogen-bond donors (Lipinski definition) is 1. The summed E-state index contributed by atoms with van der Waals surface area (Å²) in [6.45, 7) is 0.694. The number of rotatable bonds is 3. The third-order valence-corrected chi connectivity index (χ3v) is 4.42. The van der Waals surface area contributed by atoms with Crippen LogP contribution in [0.3, 0.4) is 0 Å². The lowest BCUT2D eigenvalue weighted by atomic mass is 9.96. The average Bonchev–Trinajstić information content (AvgIpc) is 2.71. The minimum absolute atomic E-state index is 0.0650. The molecule has 0 aromatic carbocycles. The van der Waals surface area contributed by atoms with Crippen LogP contribution in [-0.4, -0.2) is 46.5 Å². The van der Waals surface area contributed by atoms with Gasteiger partial charge in [0.2, 0.25) is 11.8 Å². The summed E-state index contributed by atoms with van der Waals surface area (Å²) in [4.78, 5) is 24.6. The van der Waals surface area contributed by atoms with Crippen molar-refractivity contribution >= 4 is 23.6 Å².